The minimum absolute atomic E-state index is 0.352. The number of ether oxygens (including phenoxy) is 1. The van der Waals surface area contributed by atoms with Crippen LogP contribution < -0.4 is 5.73 Å². The summed E-state index contributed by atoms with van der Waals surface area (Å²) in [5.74, 6) is 1.05. The summed E-state index contributed by atoms with van der Waals surface area (Å²) in [5.41, 5.74) is 6.47. The van der Waals surface area contributed by atoms with Gasteiger partial charge in [-0.2, -0.15) is 16.3 Å². The van der Waals surface area contributed by atoms with Crippen molar-refractivity contribution in [1.82, 2.24) is 10.1 Å². The number of hydrogen-bond donors (Lipinski definition) is 1. The van der Waals surface area contributed by atoms with Crippen LogP contribution in [0.2, 0.25) is 0 Å². The van der Waals surface area contributed by atoms with E-state index in [1.807, 2.05) is 18.4 Å². The molecule has 0 aromatic carbocycles. The maximum atomic E-state index is 6.03. The summed E-state index contributed by atoms with van der Waals surface area (Å²) in [6.07, 6.45) is 0.638. The van der Waals surface area contributed by atoms with E-state index in [-0.39, 0.29) is 0 Å². The lowest BCUT2D eigenvalue weighted by Gasteiger charge is -2.18. The first kappa shape index (κ1) is 12.2. The Morgan fingerprint density at radius 2 is 2.41 bits per heavy atom. The molecule has 0 saturated heterocycles. The Bertz CT molecular complexity index is 465. The number of thiophene rings is 1. The number of methoxy groups -OCH3 is 1. The van der Waals surface area contributed by atoms with Gasteiger partial charge in [0.1, 0.15) is 5.54 Å². The van der Waals surface area contributed by atoms with Gasteiger partial charge in [-0.3, -0.25) is 0 Å². The van der Waals surface area contributed by atoms with Gasteiger partial charge in [-0.15, -0.1) is 0 Å². The van der Waals surface area contributed by atoms with Crippen LogP contribution in [0.3, 0.4) is 0 Å². The highest BCUT2D eigenvalue weighted by atomic mass is 32.1. The third-order valence-electron chi connectivity index (χ3n) is 2.36. The van der Waals surface area contributed by atoms with E-state index in [1.54, 1.807) is 18.4 Å². The zero-order chi connectivity index (χ0) is 12.3. The lowest BCUT2D eigenvalue weighted by molar-refractivity contribution is 0.135. The predicted octanol–water partition coefficient (Wildman–Crippen LogP) is 1.54. The summed E-state index contributed by atoms with van der Waals surface area (Å²) >= 11 is 1.64. The average molecular weight is 253 g/mol. The minimum Gasteiger partial charge on any atom is -0.382 e. The highest BCUT2D eigenvalue weighted by Crippen LogP contribution is 2.17. The molecular weight excluding hydrogens is 238 g/mol. The Morgan fingerprint density at radius 1 is 1.59 bits per heavy atom. The van der Waals surface area contributed by atoms with E-state index < -0.39 is 5.54 Å². The van der Waals surface area contributed by atoms with Crippen molar-refractivity contribution in [3.05, 3.63) is 34.1 Å². The molecule has 2 heterocycles. The molecule has 1 atom stereocenters. The Balaban J connectivity index is 2.10. The molecule has 2 aromatic rings. The minimum atomic E-state index is -0.717. The first-order chi connectivity index (χ1) is 8.12. The molecule has 0 radical (unpaired) electrons. The van der Waals surface area contributed by atoms with Crippen LogP contribution in [-0.4, -0.2) is 23.9 Å². The highest BCUT2D eigenvalue weighted by Gasteiger charge is 2.27. The molecule has 0 fully saturated rings. The SMILES string of the molecule is COCC(C)(N)c1noc(Cc2ccsc2)n1. The van der Waals surface area contributed by atoms with Crippen LogP contribution in [0.5, 0.6) is 0 Å². The highest BCUT2D eigenvalue weighted by molar-refractivity contribution is 7.07. The summed E-state index contributed by atoms with van der Waals surface area (Å²) in [6.45, 7) is 2.17. The molecule has 0 aliphatic carbocycles. The van der Waals surface area contributed by atoms with E-state index >= 15 is 0 Å². The Labute approximate surface area is 104 Å². The normalized spacial score (nSPS) is 14.8. The molecule has 6 heteroatoms. The van der Waals surface area contributed by atoms with Crippen LogP contribution >= 0.6 is 11.3 Å². The van der Waals surface area contributed by atoms with Crippen LogP contribution in [0.1, 0.15) is 24.2 Å². The number of nitrogens with two attached hydrogens (primary N) is 1. The van der Waals surface area contributed by atoms with Crippen molar-refractivity contribution in [2.24, 2.45) is 5.73 Å². The molecule has 92 valence electrons. The van der Waals surface area contributed by atoms with Crippen molar-refractivity contribution >= 4 is 11.3 Å². The molecule has 2 N–H and O–H groups in total. The van der Waals surface area contributed by atoms with Gasteiger partial charge in [0.2, 0.25) is 5.89 Å². The van der Waals surface area contributed by atoms with Crippen LogP contribution in [0.4, 0.5) is 0 Å². The van der Waals surface area contributed by atoms with Crippen molar-refractivity contribution in [2.45, 2.75) is 18.9 Å². The van der Waals surface area contributed by atoms with E-state index in [9.17, 15) is 0 Å². The smallest absolute Gasteiger partial charge is 0.231 e. The summed E-state index contributed by atoms with van der Waals surface area (Å²) < 4.78 is 10.2. The van der Waals surface area contributed by atoms with Crippen molar-refractivity contribution in [3.63, 3.8) is 0 Å². The Kier molecular flexibility index (Phi) is 3.56. The zero-order valence-corrected chi connectivity index (χ0v) is 10.7. The van der Waals surface area contributed by atoms with Gasteiger partial charge in [-0.25, -0.2) is 0 Å². The van der Waals surface area contributed by atoms with E-state index in [0.717, 1.165) is 5.56 Å². The van der Waals surface area contributed by atoms with Crippen LogP contribution in [0, 0.1) is 0 Å². The van der Waals surface area contributed by atoms with E-state index in [4.69, 9.17) is 15.0 Å². The summed E-state index contributed by atoms with van der Waals surface area (Å²) in [4.78, 5) is 4.30. The monoisotopic (exact) mass is 253 g/mol. The second-order valence-corrected chi connectivity index (χ2v) is 4.95. The molecule has 0 saturated carbocycles. The summed E-state index contributed by atoms with van der Waals surface area (Å²) in [5, 5.41) is 7.97. The van der Waals surface area contributed by atoms with Gasteiger partial charge in [-0.1, -0.05) is 5.16 Å². The topological polar surface area (TPSA) is 74.2 Å². The quantitative estimate of drug-likeness (QED) is 0.875. The van der Waals surface area contributed by atoms with Crippen molar-refractivity contribution in [2.75, 3.05) is 13.7 Å². The predicted molar refractivity (Wildman–Crippen MR) is 64.8 cm³/mol. The van der Waals surface area contributed by atoms with Crippen LogP contribution in [0.25, 0.3) is 0 Å². The fourth-order valence-corrected chi connectivity index (χ4v) is 2.16. The molecule has 5 nitrogen and oxygen atoms in total. The second kappa shape index (κ2) is 4.95. The molecule has 0 amide bonds. The first-order valence-corrected chi connectivity index (χ1v) is 6.18. The van der Waals surface area contributed by atoms with E-state index in [0.29, 0.717) is 24.7 Å². The van der Waals surface area contributed by atoms with Gasteiger partial charge in [0.05, 0.1) is 13.0 Å². The molecule has 0 aliphatic heterocycles. The van der Waals surface area contributed by atoms with Crippen molar-refractivity contribution in [3.8, 4) is 0 Å². The van der Waals surface area contributed by atoms with E-state index in [2.05, 4.69) is 15.5 Å². The largest absolute Gasteiger partial charge is 0.382 e. The maximum Gasteiger partial charge on any atom is 0.231 e. The van der Waals surface area contributed by atoms with Gasteiger partial charge < -0.3 is 15.0 Å². The van der Waals surface area contributed by atoms with E-state index in [1.165, 1.54) is 0 Å². The molecule has 2 rings (SSSR count). The molecule has 0 aliphatic rings. The van der Waals surface area contributed by atoms with Gasteiger partial charge >= 0.3 is 0 Å². The third kappa shape index (κ3) is 2.91. The lowest BCUT2D eigenvalue weighted by Crippen LogP contribution is -2.39. The van der Waals surface area contributed by atoms with Crippen LogP contribution in [0.15, 0.2) is 21.3 Å². The number of nitrogens with zero attached hydrogens (tertiary/aromatic N) is 2. The van der Waals surface area contributed by atoms with Gasteiger partial charge in [0, 0.05) is 7.11 Å². The first-order valence-electron chi connectivity index (χ1n) is 5.24. The molecular formula is C11H15N3O2S. The number of aromatic nitrogens is 2. The van der Waals surface area contributed by atoms with Gasteiger partial charge in [-0.05, 0) is 29.3 Å². The molecule has 0 bridgehead atoms. The van der Waals surface area contributed by atoms with Crippen LogP contribution in [-0.2, 0) is 16.7 Å². The van der Waals surface area contributed by atoms with Gasteiger partial charge in [0.25, 0.3) is 0 Å². The lowest BCUT2D eigenvalue weighted by atomic mass is 10.1. The van der Waals surface area contributed by atoms with Crippen molar-refractivity contribution in [1.29, 1.82) is 0 Å². The standard InChI is InChI=1S/C11H15N3O2S/c1-11(12,7-15-2)10-13-9(16-14-10)5-8-3-4-17-6-8/h3-4,6H,5,7,12H2,1-2H3. The number of rotatable bonds is 5. The molecule has 0 spiro atoms. The Hall–Kier alpha value is -1.24. The zero-order valence-electron chi connectivity index (χ0n) is 9.84. The maximum absolute atomic E-state index is 6.03. The molecule has 1 unspecified atom stereocenters. The molecule has 2 aromatic heterocycles. The summed E-state index contributed by atoms with van der Waals surface area (Å²) in [6, 6.07) is 2.03. The Morgan fingerprint density at radius 3 is 3.06 bits per heavy atom. The second-order valence-electron chi connectivity index (χ2n) is 4.17. The number of hydrogen-bond acceptors (Lipinski definition) is 6. The van der Waals surface area contributed by atoms with Gasteiger partial charge in [0.15, 0.2) is 5.82 Å². The fourth-order valence-electron chi connectivity index (χ4n) is 1.49. The van der Waals surface area contributed by atoms with Crippen molar-refractivity contribution < 1.29 is 9.26 Å². The summed E-state index contributed by atoms with van der Waals surface area (Å²) in [7, 11) is 1.59. The average Bonchev–Trinajstić information content (AvgIpc) is 2.89. The fraction of sp³-hybridized carbons (Fsp3) is 0.455. The third-order valence-corrected chi connectivity index (χ3v) is 3.09. The molecule has 17 heavy (non-hydrogen) atoms.